The molecule has 0 bridgehead atoms. The Morgan fingerprint density at radius 3 is 2.47 bits per heavy atom. The molecule has 0 heterocycles. The van der Waals surface area contributed by atoms with Gasteiger partial charge in [-0.2, -0.15) is 0 Å². The van der Waals surface area contributed by atoms with Crippen LogP contribution in [-0.2, 0) is 19.6 Å². The second-order valence-electron chi connectivity index (χ2n) is 6.60. The molecule has 0 spiro atoms. The van der Waals surface area contributed by atoms with Crippen molar-refractivity contribution in [2.75, 3.05) is 13.7 Å². The molecular formula is C23H21BrCl3NO2. The third-order valence-electron chi connectivity index (χ3n) is 4.60. The van der Waals surface area contributed by atoms with Crippen LogP contribution in [0.2, 0.25) is 15.1 Å². The van der Waals surface area contributed by atoms with E-state index in [-0.39, 0.29) is 0 Å². The van der Waals surface area contributed by atoms with Crippen molar-refractivity contribution in [2.45, 2.75) is 19.6 Å². The molecule has 0 fully saturated rings. The SMILES string of the molecule is COc1ccc(Br)c(CNCCc2ccc(Cl)cc2Cl)c1OCc1ccccc1Cl. The predicted molar refractivity (Wildman–Crippen MR) is 128 cm³/mol. The number of hydrogen-bond acceptors (Lipinski definition) is 3. The summed E-state index contributed by atoms with van der Waals surface area (Å²) in [5, 5.41) is 5.44. The standard InChI is InChI=1S/C23H21BrCl3NO2/c1-29-22-9-8-19(24)18(23(22)30-14-16-4-2-3-5-20(16)26)13-28-11-10-15-6-7-17(25)12-21(15)27/h2-9,12,28H,10-11,13-14H2,1H3. The van der Waals surface area contributed by atoms with Crippen LogP contribution in [0.25, 0.3) is 0 Å². The maximum absolute atomic E-state index is 6.27. The first kappa shape index (κ1) is 23.2. The molecule has 0 aliphatic carbocycles. The highest BCUT2D eigenvalue weighted by molar-refractivity contribution is 9.10. The van der Waals surface area contributed by atoms with E-state index in [4.69, 9.17) is 44.3 Å². The number of nitrogens with one attached hydrogen (secondary N) is 1. The van der Waals surface area contributed by atoms with E-state index in [9.17, 15) is 0 Å². The van der Waals surface area contributed by atoms with Gasteiger partial charge in [-0.1, -0.05) is 75.0 Å². The first-order valence-corrected chi connectivity index (χ1v) is 11.3. The molecule has 7 heteroatoms. The summed E-state index contributed by atoms with van der Waals surface area (Å²) in [4.78, 5) is 0. The quantitative estimate of drug-likeness (QED) is 0.295. The summed E-state index contributed by atoms with van der Waals surface area (Å²) in [5.41, 5.74) is 2.94. The first-order valence-electron chi connectivity index (χ1n) is 9.35. The van der Waals surface area contributed by atoms with Crippen molar-refractivity contribution in [3.8, 4) is 11.5 Å². The van der Waals surface area contributed by atoms with Gasteiger partial charge in [-0.3, -0.25) is 0 Å². The van der Waals surface area contributed by atoms with Crippen molar-refractivity contribution in [1.82, 2.24) is 5.32 Å². The van der Waals surface area contributed by atoms with Crippen molar-refractivity contribution < 1.29 is 9.47 Å². The Kier molecular flexibility index (Phi) is 8.72. The van der Waals surface area contributed by atoms with Gasteiger partial charge >= 0.3 is 0 Å². The Balaban J connectivity index is 1.69. The fraction of sp³-hybridized carbons (Fsp3) is 0.217. The van der Waals surface area contributed by atoms with Gasteiger partial charge in [0.25, 0.3) is 0 Å². The van der Waals surface area contributed by atoms with E-state index in [1.807, 2.05) is 48.5 Å². The van der Waals surface area contributed by atoms with Gasteiger partial charge in [0.1, 0.15) is 6.61 Å². The Morgan fingerprint density at radius 1 is 0.933 bits per heavy atom. The molecule has 0 aromatic heterocycles. The molecule has 0 unspecified atom stereocenters. The van der Waals surface area contributed by atoms with Gasteiger partial charge < -0.3 is 14.8 Å². The summed E-state index contributed by atoms with van der Waals surface area (Å²) in [6.45, 7) is 1.69. The summed E-state index contributed by atoms with van der Waals surface area (Å²) in [5.74, 6) is 1.35. The number of benzene rings is 3. The molecule has 30 heavy (non-hydrogen) atoms. The zero-order valence-electron chi connectivity index (χ0n) is 16.4. The van der Waals surface area contributed by atoms with Crippen molar-refractivity contribution in [2.24, 2.45) is 0 Å². The van der Waals surface area contributed by atoms with Gasteiger partial charge in [0.2, 0.25) is 0 Å². The second kappa shape index (κ2) is 11.3. The lowest BCUT2D eigenvalue weighted by molar-refractivity contribution is 0.280. The molecule has 3 aromatic carbocycles. The molecule has 0 aliphatic heterocycles. The topological polar surface area (TPSA) is 30.5 Å². The van der Waals surface area contributed by atoms with E-state index < -0.39 is 0 Å². The van der Waals surface area contributed by atoms with E-state index in [2.05, 4.69) is 21.2 Å². The van der Waals surface area contributed by atoms with Crippen LogP contribution in [0.15, 0.2) is 59.1 Å². The molecule has 0 aliphatic rings. The molecule has 3 aromatic rings. The molecule has 158 valence electrons. The van der Waals surface area contributed by atoms with Crippen molar-refractivity contribution in [1.29, 1.82) is 0 Å². The fourth-order valence-electron chi connectivity index (χ4n) is 2.99. The number of methoxy groups -OCH3 is 1. The van der Waals surface area contributed by atoms with E-state index >= 15 is 0 Å². The van der Waals surface area contributed by atoms with Crippen LogP contribution < -0.4 is 14.8 Å². The normalized spacial score (nSPS) is 10.8. The third kappa shape index (κ3) is 6.05. The van der Waals surface area contributed by atoms with Crippen LogP contribution in [-0.4, -0.2) is 13.7 Å². The van der Waals surface area contributed by atoms with Crippen LogP contribution in [0.4, 0.5) is 0 Å². The number of hydrogen-bond donors (Lipinski definition) is 1. The van der Waals surface area contributed by atoms with Gasteiger partial charge in [0.05, 0.1) is 7.11 Å². The summed E-state index contributed by atoms with van der Waals surface area (Å²) in [6.07, 6.45) is 0.785. The average Bonchev–Trinajstić information content (AvgIpc) is 2.73. The molecule has 0 radical (unpaired) electrons. The van der Waals surface area contributed by atoms with Crippen LogP contribution in [0.3, 0.4) is 0 Å². The van der Waals surface area contributed by atoms with E-state index in [0.29, 0.717) is 39.7 Å². The van der Waals surface area contributed by atoms with E-state index in [0.717, 1.165) is 34.1 Å². The highest BCUT2D eigenvalue weighted by Gasteiger charge is 2.15. The van der Waals surface area contributed by atoms with Gasteiger partial charge in [-0.15, -0.1) is 0 Å². The lowest BCUT2D eigenvalue weighted by Crippen LogP contribution is -2.18. The zero-order chi connectivity index (χ0) is 21.5. The minimum atomic E-state index is 0.347. The lowest BCUT2D eigenvalue weighted by Gasteiger charge is -2.18. The maximum atomic E-state index is 6.27. The van der Waals surface area contributed by atoms with Crippen molar-refractivity contribution >= 4 is 50.7 Å². The van der Waals surface area contributed by atoms with Gasteiger partial charge in [0, 0.05) is 37.2 Å². The summed E-state index contributed by atoms with van der Waals surface area (Å²) < 4.78 is 12.6. The van der Waals surface area contributed by atoms with Crippen LogP contribution in [0.1, 0.15) is 16.7 Å². The number of rotatable bonds is 9. The maximum Gasteiger partial charge on any atom is 0.167 e. The van der Waals surface area contributed by atoms with Crippen LogP contribution >= 0.6 is 50.7 Å². The summed E-state index contributed by atoms with van der Waals surface area (Å²) in [7, 11) is 1.63. The molecule has 0 amide bonds. The number of halogens is 4. The van der Waals surface area contributed by atoms with Crippen molar-refractivity contribution in [3.05, 3.63) is 90.8 Å². The highest BCUT2D eigenvalue weighted by Crippen LogP contribution is 2.37. The second-order valence-corrected chi connectivity index (χ2v) is 8.71. The third-order valence-corrected chi connectivity index (χ3v) is 6.30. The minimum Gasteiger partial charge on any atom is -0.493 e. The zero-order valence-corrected chi connectivity index (χ0v) is 20.2. The predicted octanol–water partition coefficient (Wildman–Crippen LogP) is 7.33. The molecule has 0 saturated heterocycles. The lowest BCUT2D eigenvalue weighted by atomic mass is 10.1. The monoisotopic (exact) mass is 527 g/mol. The Labute approximate surface area is 200 Å². The Bertz CT molecular complexity index is 1010. The molecule has 3 nitrogen and oxygen atoms in total. The molecule has 1 N–H and O–H groups in total. The Hall–Kier alpha value is -1.43. The summed E-state index contributed by atoms with van der Waals surface area (Å²) in [6, 6.07) is 17.0. The number of ether oxygens (including phenoxy) is 2. The Morgan fingerprint density at radius 2 is 1.73 bits per heavy atom. The van der Waals surface area contributed by atoms with Crippen LogP contribution in [0, 0.1) is 0 Å². The van der Waals surface area contributed by atoms with Crippen LogP contribution in [0.5, 0.6) is 11.5 Å². The van der Waals surface area contributed by atoms with E-state index in [1.54, 1.807) is 13.2 Å². The molecular weight excluding hydrogens is 509 g/mol. The van der Waals surface area contributed by atoms with Gasteiger partial charge in [0.15, 0.2) is 11.5 Å². The first-order chi connectivity index (χ1) is 14.5. The van der Waals surface area contributed by atoms with Gasteiger partial charge in [-0.05, 0) is 48.9 Å². The molecule has 0 atom stereocenters. The largest absolute Gasteiger partial charge is 0.493 e. The van der Waals surface area contributed by atoms with E-state index in [1.165, 1.54) is 0 Å². The van der Waals surface area contributed by atoms with Crippen molar-refractivity contribution in [3.63, 3.8) is 0 Å². The molecule has 0 saturated carbocycles. The van der Waals surface area contributed by atoms with Gasteiger partial charge in [-0.25, -0.2) is 0 Å². The average molecular weight is 530 g/mol. The smallest absolute Gasteiger partial charge is 0.167 e. The minimum absolute atomic E-state index is 0.347. The summed E-state index contributed by atoms with van der Waals surface area (Å²) >= 11 is 22.1. The molecule has 3 rings (SSSR count). The fourth-order valence-corrected chi connectivity index (χ4v) is 4.14. The highest BCUT2D eigenvalue weighted by atomic mass is 79.9.